The first-order valence-corrected chi connectivity index (χ1v) is 6.84. The molecular formula is C13H26N2O. The predicted molar refractivity (Wildman–Crippen MR) is 66.7 cm³/mol. The quantitative estimate of drug-likeness (QED) is 0.786. The van der Waals surface area contributed by atoms with Gasteiger partial charge in [0, 0.05) is 25.2 Å². The van der Waals surface area contributed by atoms with Gasteiger partial charge in [-0.1, -0.05) is 13.3 Å². The van der Waals surface area contributed by atoms with E-state index in [2.05, 4.69) is 24.1 Å². The van der Waals surface area contributed by atoms with E-state index in [1.165, 1.54) is 32.4 Å². The first-order chi connectivity index (χ1) is 7.79. The Balaban J connectivity index is 1.72. The van der Waals surface area contributed by atoms with Gasteiger partial charge in [0.05, 0.1) is 13.2 Å². The molecule has 2 aliphatic rings. The number of likely N-dealkylation sites (tertiary alicyclic amines) is 1. The van der Waals surface area contributed by atoms with Crippen LogP contribution >= 0.6 is 0 Å². The lowest BCUT2D eigenvalue weighted by Gasteiger charge is -2.31. The maximum atomic E-state index is 5.51. The Morgan fingerprint density at radius 2 is 2.38 bits per heavy atom. The van der Waals surface area contributed by atoms with E-state index in [1.807, 2.05) is 0 Å². The third-order valence-corrected chi connectivity index (χ3v) is 4.14. The van der Waals surface area contributed by atoms with Crippen molar-refractivity contribution in [3.05, 3.63) is 0 Å². The van der Waals surface area contributed by atoms with Gasteiger partial charge in [-0.25, -0.2) is 0 Å². The van der Waals surface area contributed by atoms with Gasteiger partial charge in [0.1, 0.15) is 0 Å². The Labute approximate surface area is 99.5 Å². The van der Waals surface area contributed by atoms with Crippen molar-refractivity contribution in [1.29, 1.82) is 0 Å². The number of morpholine rings is 1. The fourth-order valence-corrected chi connectivity index (χ4v) is 2.93. The molecule has 16 heavy (non-hydrogen) atoms. The maximum Gasteiger partial charge on any atom is 0.0620 e. The molecule has 0 amide bonds. The van der Waals surface area contributed by atoms with Crippen LogP contribution in [0.2, 0.25) is 0 Å². The Kier molecular flexibility index (Phi) is 4.62. The van der Waals surface area contributed by atoms with Gasteiger partial charge in [-0.15, -0.1) is 0 Å². The number of hydrogen-bond acceptors (Lipinski definition) is 3. The minimum Gasteiger partial charge on any atom is -0.379 e. The van der Waals surface area contributed by atoms with Crippen LogP contribution in [0.4, 0.5) is 0 Å². The number of ether oxygens (including phenoxy) is 1. The molecule has 2 aliphatic heterocycles. The van der Waals surface area contributed by atoms with Crippen molar-refractivity contribution < 1.29 is 4.74 Å². The summed E-state index contributed by atoms with van der Waals surface area (Å²) in [6.45, 7) is 10.1. The molecule has 0 spiro atoms. The first-order valence-electron chi connectivity index (χ1n) is 6.84. The van der Waals surface area contributed by atoms with Crippen molar-refractivity contribution in [3.63, 3.8) is 0 Å². The van der Waals surface area contributed by atoms with E-state index in [4.69, 9.17) is 4.74 Å². The minimum atomic E-state index is 0.574. The molecule has 94 valence electrons. The van der Waals surface area contributed by atoms with Crippen LogP contribution < -0.4 is 5.32 Å². The lowest BCUT2D eigenvalue weighted by Crippen LogP contribution is -2.45. The molecule has 0 aliphatic carbocycles. The van der Waals surface area contributed by atoms with E-state index in [1.54, 1.807) is 0 Å². The Hall–Kier alpha value is -0.120. The SMILES string of the molecule is CCC1CCN(C(C)CC2COCCN2)C1. The Morgan fingerprint density at radius 1 is 1.50 bits per heavy atom. The summed E-state index contributed by atoms with van der Waals surface area (Å²) < 4.78 is 5.51. The van der Waals surface area contributed by atoms with Crippen LogP contribution in [0.15, 0.2) is 0 Å². The zero-order valence-corrected chi connectivity index (χ0v) is 10.7. The molecule has 0 saturated carbocycles. The molecule has 0 aromatic carbocycles. The van der Waals surface area contributed by atoms with E-state index >= 15 is 0 Å². The number of rotatable bonds is 4. The summed E-state index contributed by atoms with van der Waals surface area (Å²) in [5.41, 5.74) is 0. The normalized spacial score (nSPS) is 34.1. The van der Waals surface area contributed by atoms with Gasteiger partial charge in [0.25, 0.3) is 0 Å². The van der Waals surface area contributed by atoms with Gasteiger partial charge in [-0.05, 0) is 32.2 Å². The fourth-order valence-electron chi connectivity index (χ4n) is 2.93. The molecule has 3 nitrogen and oxygen atoms in total. The zero-order chi connectivity index (χ0) is 11.4. The Bertz CT molecular complexity index is 204. The summed E-state index contributed by atoms with van der Waals surface area (Å²) in [4.78, 5) is 2.66. The van der Waals surface area contributed by atoms with E-state index in [-0.39, 0.29) is 0 Å². The molecule has 0 radical (unpaired) electrons. The van der Waals surface area contributed by atoms with Crippen molar-refractivity contribution >= 4 is 0 Å². The third kappa shape index (κ3) is 3.19. The summed E-state index contributed by atoms with van der Waals surface area (Å²) in [5.74, 6) is 0.943. The monoisotopic (exact) mass is 226 g/mol. The number of hydrogen-bond donors (Lipinski definition) is 1. The molecule has 0 aromatic heterocycles. The molecule has 1 N–H and O–H groups in total. The highest BCUT2D eigenvalue weighted by molar-refractivity contribution is 4.82. The molecule has 0 aromatic rings. The average molecular weight is 226 g/mol. The molecule has 2 rings (SSSR count). The largest absolute Gasteiger partial charge is 0.379 e. The summed E-state index contributed by atoms with van der Waals surface area (Å²) in [5, 5.41) is 3.55. The molecule has 2 fully saturated rings. The summed E-state index contributed by atoms with van der Waals surface area (Å²) >= 11 is 0. The summed E-state index contributed by atoms with van der Waals surface area (Å²) in [6.07, 6.45) is 3.97. The summed E-state index contributed by atoms with van der Waals surface area (Å²) in [6, 6.07) is 1.28. The second kappa shape index (κ2) is 5.99. The van der Waals surface area contributed by atoms with Crippen molar-refractivity contribution in [3.8, 4) is 0 Å². The zero-order valence-electron chi connectivity index (χ0n) is 10.7. The van der Waals surface area contributed by atoms with Gasteiger partial charge < -0.3 is 15.0 Å². The predicted octanol–water partition coefficient (Wildman–Crippen LogP) is 1.49. The highest BCUT2D eigenvalue weighted by atomic mass is 16.5. The van der Waals surface area contributed by atoms with Crippen molar-refractivity contribution in [2.24, 2.45) is 5.92 Å². The first kappa shape index (κ1) is 12.3. The minimum absolute atomic E-state index is 0.574. The van der Waals surface area contributed by atoms with Crippen LogP contribution in [-0.4, -0.2) is 49.8 Å². The topological polar surface area (TPSA) is 24.5 Å². The highest BCUT2D eigenvalue weighted by Crippen LogP contribution is 2.22. The average Bonchev–Trinajstić information content (AvgIpc) is 2.79. The lowest BCUT2D eigenvalue weighted by molar-refractivity contribution is 0.0639. The van der Waals surface area contributed by atoms with Crippen molar-refractivity contribution in [1.82, 2.24) is 10.2 Å². The maximum absolute atomic E-state index is 5.51. The third-order valence-electron chi connectivity index (χ3n) is 4.14. The van der Waals surface area contributed by atoms with Crippen LogP contribution in [0.25, 0.3) is 0 Å². The Morgan fingerprint density at radius 3 is 3.00 bits per heavy atom. The second-order valence-electron chi connectivity index (χ2n) is 5.37. The summed E-state index contributed by atoms with van der Waals surface area (Å²) in [7, 11) is 0. The van der Waals surface area contributed by atoms with Crippen LogP contribution in [0.3, 0.4) is 0 Å². The van der Waals surface area contributed by atoms with Crippen LogP contribution in [-0.2, 0) is 4.74 Å². The molecule has 2 heterocycles. The van der Waals surface area contributed by atoms with Crippen molar-refractivity contribution in [2.45, 2.75) is 45.2 Å². The van der Waals surface area contributed by atoms with E-state index < -0.39 is 0 Å². The lowest BCUT2D eigenvalue weighted by atomic mass is 10.1. The van der Waals surface area contributed by atoms with Crippen LogP contribution in [0.5, 0.6) is 0 Å². The van der Waals surface area contributed by atoms with Crippen molar-refractivity contribution in [2.75, 3.05) is 32.8 Å². The van der Waals surface area contributed by atoms with Gasteiger partial charge in [0.2, 0.25) is 0 Å². The van der Waals surface area contributed by atoms with E-state index in [0.29, 0.717) is 12.1 Å². The molecular weight excluding hydrogens is 200 g/mol. The highest BCUT2D eigenvalue weighted by Gasteiger charge is 2.26. The van der Waals surface area contributed by atoms with Gasteiger partial charge in [-0.2, -0.15) is 0 Å². The number of nitrogens with one attached hydrogen (secondary N) is 1. The van der Waals surface area contributed by atoms with Crippen LogP contribution in [0.1, 0.15) is 33.1 Å². The van der Waals surface area contributed by atoms with E-state index in [0.717, 1.165) is 25.7 Å². The molecule has 3 unspecified atom stereocenters. The fraction of sp³-hybridized carbons (Fsp3) is 1.00. The van der Waals surface area contributed by atoms with Gasteiger partial charge in [-0.3, -0.25) is 0 Å². The van der Waals surface area contributed by atoms with Crippen LogP contribution in [0, 0.1) is 5.92 Å². The van der Waals surface area contributed by atoms with Gasteiger partial charge in [0.15, 0.2) is 0 Å². The molecule has 3 heteroatoms. The second-order valence-corrected chi connectivity index (χ2v) is 5.37. The standard InChI is InChI=1S/C13H26N2O/c1-3-12-4-6-15(9-12)11(2)8-13-10-16-7-5-14-13/h11-14H,3-10H2,1-2H3. The molecule has 2 saturated heterocycles. The number of nitrogens with zero attached hydrogens (tertiary/aromatic N) is 1. The van der Waals surface area contributed by atoms with E-state index in [9.17, 15) is 0 Å². The molecule has 3 atom stereocenters. The van der Waals surface area contributed by atoms with Gasteiger partial charge >= 0.3 is 0 Å². The molecule has 0 bridgehead atoms. The smallest absolute Gasteiger partial charge is 0.0620 e.